The molecule has 1 aliphatic rings. The minimum atomic E-state index is -1.39. The van der Waals surface area contributed by atoms with Gasteiger partial charge in [0.05, 0.1) is 12.0 Å². The smallest absolute Gasteiger partial charge is 0.255 e. The van der Waals surface area contributed by atoms with Crippen LogP contribution in [0.1, 0.15) is 17.2 Å². The van der Waals surface area contributed by atoms with Crippen LogP contribution < -0.4 is 5.56 Å². The molecule has 0 aliphatic carbocycles. The molecule has 1 aliphatic heterocycles. The van der Waals surface area contributed by atoms with Crippen molar-refractivity contribution in [2.45, 2.75) is 31.3 Å². The van der Waals surface area contributed by atoms with Gasteiger partial charge in [0.1, 0.15) is 35.9 Å². The molecule has 3 rings (SSSR count). The molecular formula is C14H15FN2O5. The third-order valence-electron chi connectivity index (χ3n) is 3.87. The molecule has 4 N–H and O–H groups in total. The highest BCUT2D eigenvalue weighted by Crippen LogP contribution is 2.33. The topological polar surface area (TPSA) is 116 Å². The summed E-state index contributed by atoms with van der Waals surface area (Å²) in [6.45, 7) is 1.04. The van der Waals surface area contributed by atoms with Gasteiger partial charge in [0.15, 0.2) is 0 Å². The van der Waals surface area contributed by atoms with Crippen molar-refractivity contribution in [3.05, 3.63) is 39.6 Å². The first-order valence-electron chi connectivity index (χ1n) is 6.74. The van der Waals surface area contributed by atoms with Gasteiger partial charge in [-0.15, -0.1) is 0 Å². The number of aryl methyl sites for hydroxylation is 1. The molecule has 118 valence electrons. The van der Waals surface area contributed by atoms with E-state index in [1.165, 1.54) is 12.3 Å². The van der Waals surface area contributed by atoms with Crippen LogP contribution in [0.15, 0.2) is 17.1 Å². The van der Waals surface area contributed by atoms with Crippen molar-refractivity contribution in [3.63, 3.8) is 0 Å². The van der Waals surface area contributed by atoms with Gasteiger partial charge in [-0.05, 0) is 13.0 Å². The van der Waals surface area contributed by atoms with E-state index in [4.69, 9.17) is 9.84 Å². The lowest BCUT2D eigenvalue weighted by atomic mass is 10.0. The molecule has 22 heavy (non-hydrogen) atoms. The Bertz CT molecular complexity index is 778. The number of ether oxygens (including phenoxy) is 1. The van der Waals surface area contributed by atoms with Crippen molar-refractivity contribution in [2.24, 2.45) is 0 Å². The summed E-state index contributed by atoms with van der Waals surface area (Å²) in [4.78, 5) is 18.5. The minimum absolute atomic E-state index is 0.0266. The summed E-state index contributed by atoms with van der Waals surface area (Å²) in [5, 5.41) is 28.9. The van der Waals surface area contributed by atoms with E-state index in [2.05, 4.69) is 9.97 Å². The van der Waals surface area contributed by atoms with Gasteiger partial charge in [-0.1, -0.05) is 0 Å². The standard InChI is InChI=1S/C14H15FN2O5/c1-5-3-16-13-6(9(5)15)2-7(14(21)17-13)12-11(20)10(19)8(4-18)22-12/h2-3,8,10-12,18-20H,4H2,1H3,(H,16,17,21)/t8-,10?,11+,12+/m1/s1. The van der Waals surface area contributed by atoms with E-state index >= 15 is 0 Å². The van der Waals surface area contributed by atoms with Crippen LogP contribution in [0.4, 0.5) is 4.39 Å². The number of pyridine rings is 2. The lowest BCUT2D eigenvalue weighted by molar-refractivity contribution is -0.0231. The fraction of sp³-hybridized carbons (Fsp3) is 0.429. The molecule has 2 aromatic heterocycles. The summed E-state index contributed by atoms with van der Waals surface area (Å²) < 4.78 is 19.5. The van der Waals surface area contributed by atoms with E-state index in [1.54, 1.807) is 6.92 Å². The third-order valence-corrected chi connectivity index (χ3v) is 3.87. The van der Waals surface area contributed by atoms with Crippen LogP contribution in [0.25, 0.3) is 11.0 Å². The second-order valence-electron chi connectivity index (χ2n) is 5.33. The largest absolute Gasteiger partial charge is 0.394 e. The number of aromatic nitrogens is 2. The molecule has 0 radical (unpaired) electrons. The zero-order valence-electron chi connectivity index (χ0n) is 11.7. The van der Waals surface area contributed by atoms with Gasteiger partial charge < -0.3 is 25.0 Å². The number of H-pyrrole nitrogens is 1. The number of hydrogen-bond acceptors (Lipinski definition) is 6. The maximum atomic E-state index is 14.2. The van der Waals surface area contributed by atoms with Crippen LogP contribution in [-0.2, 0) is 4.74 Å². The van der Waals surface area contributed by atoms with Crippen molar-refractivity contribution in [3.8, 4) is 0 Å². The second kappa shape index (κ2) is 5.40. The Morgan fingerprint density at radius 3 is 2.77 bits per heavy atom. The fourth-order valence-corrected chi connectivity index (χ4v) is 2.60. The van der Waals surface area contributed by atoms with Crippen molar-refractivity contribution in [1.82, 2.24) is 9.97 Å². The Kier molecular flexibility index (Phi) is 3.69. The summed E-state index contributed by atoms with van der Waals surface area (Å²) in [5.41, 5.74) is -0.227. The zero-order valence-corrected chi connectivity index (χ0v) is 11.7. The molecule has 8 heteroatoms. The molecule has 0 spiro atoms. The highest BCUT2D eigenvalue weighted by molar-refractivity contribution is 5.76. The molecule has 3 heterocycles. The lowest BCUT2D eigenvalue weighted by Gasteiger charge is -2.15. The van der Waals surface area contributed by atoms with Crippen LogP contribution in [0.5, 0.6) is 0 Å². The number of aromatic amines is 1. The summed E-state index contributed by atoms with van der Waals surface area (Å²) in [5.74, 6) is -0.533. The molecule has 2 aromatic rings. The second-order valence-corrected chi connectivity index (χ2v) is 5.33. The van der Waals surface area contributed by atoms with Crippen LogP contribution in [0.2, 0.25) is 0 Å². The number of aliphatic hydroxyl groups excluding tert-OH is 3. The van der Waals surface area contributed by atoms with Crippen LogP contribution >= 0.6 is 0 Å². The summed E-state index contributed by atoms with van der Waals surface area (Å²) >= 11 is 0. The highest BCUT2D eigenvalue weighted by Gasteiger charge is 2.44. The van der Waals surface area contributed by atoms with Crippen molar-refractivity contribution in [2.75, 3.05) is 6.61 Å². The molecule has 1 fully saturated rings. The fourth-order valence-electron chi connectivity index (χ4n) is 2.60. The van der Waals surface area contributed by atoms with Gasteiger partial charge in [-0.3, -0.25) is 4.79 Å². The Morgan fingerprint density at radius 1 is 1.41 bits per heavy atom. The first-order chi connectivity index (χ1) is 10.4. The SMILES string of the molecule is Cc1cnc2[nH]c(=O)c([C@@H]3O[C@H](CO)C(O)[C@@H]3O)cc2c1F. The number of nitrogens with zero attached hydrogens (tertiary/aromatic N) is 1. The molecule has 0 saturated carbocycles. The van der Waals surface area contributed by atoms with Crippen molar-refractivity contribution >= 4 is 11.0 Å². The van der Waals surface area contributed by atoms with E-state index in [0.717, 1.165) is 0 Å². The summed E-state index contributed by atoms with van der Waals surface area (Å²) in [7, 11) is 0. The van der Waals surface area contributed by atoms with Crippen LogP contribution in [0.3, 0.4) is 0 Å². The Hall–Kier alpha value is -1.87. The van der Waals surface area contributed by atoms with E-state index in [1.807, 2.05) is 0 Å². The number of fused-ring (bicyclic) bond motifs is 1. The van der Waals surface area contributed by atoms with Crippen molar-refractivity contribution < 1.29 is 24.4 Å². The number of halogens is 1. The average molecular weight is 310 g/mol. The van der Waals surface area contributed by atoms with Gasteiger partial charge >= 0.3 is 0 Å². The lowest BCUT2D eigenvalue weighted by Crippen LogP contribution is -2.33. The molecule has 0 bridgehead atoms. The first-order valence-corrected chi connectivity index (χ1v) is 6.74. The maximum absolute atomic E-state index is 14.2. The zero-order chi connectivity index (χ0) is 16.0. The van der Waals surface area contributed by atoms with Crippen LogP contribution in [0, 0.1) is 12.7 Å². The minimum Gasteiger partial charge on any atom is -0.394 e. The Morgan fingerprint density at radius 2 is 2.14 bits per heavy atom. The first kappa shape index (κ1) is 15.0. The monoisotopic (exact) mass is 310 g/mol. The molecule has 4 atom stereocenters. The molecule has 1 unspecified atom stereocenters. The normalized spacial score (nSPS) is 28.4. The Balaban J connectivity index is 2.13. The van der Waals surface area contributed by atoms with E-state index in [-0.39, 0.29) is 16.6 Å². The number of nitrogens with one attached hydrogen (secondary N) is 1. The van der Waals surface area contributed by atoms with Gasteiger partial charge in [-0.2, -0.15) is 0 Å². The number of rotatable bonds is 2. The van der Waals surface area contributed by atoms with Gasteiger partial charge in [-0.25, -0.2) is 9.37 Å². The number of aliphatic hydroxyl groups is 3. The van der Waals surface area contributed by atoms with E-state index in [9.17, 15) is 19.4 Å². The third kappa shape index (κ3) is 2.20. The Labute approximate surface area is 124 Å². The van der Waals surface area contributed by atoms with Gasteiger partial charge in [0.25, 0.3) is 5.56 Å². The quantitative estimate of drug-likeness (QED) is 0.596. The predicted octanol–water partition coefficient (Wildman–Crippen LogP) is -0.475. The summed E-state index contributed by atoms with van der Waals surface area (Å²) in [6, 6.07) is 1.25. The molecule has 7 nitrogen and oxygen atoms in total. The van der Waals surface area contributed by atoms with Gasteiger partial charge in [0, 0.05) is 17.3 Å². The van der Waals surface area contributed by atoms with E-state index < -0.39 is 42.4 Å². The maximum Gasteiger partial charge on any atom is 0.255 e. The number of hydrogen-bond donors (Lipinski definition) is 4. The predicted molar refractivity (Wildman–Crippen MR) is 73.8 cm³/mol. The summed E-state index contributed by atoms with van der Waals surface area (Å²) in [6.07, 6.45) is -3.57. The van der Waals surface area contributed by atoms with Crippen LogP contribution in [-0.4, -0.2) is 50.2 Å². The van der Waals surface area contributed by atoms with Crippen molar-refractivity contribution in [1.29, 1.82) is 0 Å². The van der Waals surface area contributed by atoms with Gasteiger partial charge in [0.2, 0.25) is 0 Å². The average Bonchev–Trinajstić information content (AvgIpc) is 2.79. The highest BCUT2D eigenvalue weighted by atomic mass is 19.1. The van der Waals surface area contributed by atoms with E-state index in [0.29, 0.717) is 5.56 Å². The molecule has 1 saturated heterocycles. The molecule has 0 amide bonds. The molecule has 0 aromatic carbocycles. The molecular weight excluding hydrogens is 295 g/mol.